The Kier molecular flexibility index (Phi) is 2.93. The van der Waals surface area contributed by atoms with Crippen molar-refractivity contribution in [1.29, 1.82) is 0 Å². The lowest BCUT2D eigenvalue weighted by molar-refractivity contribution is -0.0926. The Morgan fingerprint density at radius 1 is 1.36 bits per heavy atom. The van der Waals surface area contributed by atoms with Crippen LogP contribution in [0.2, 0.25) is 0 Å². The average molecular weight is 209 g/mol. The highest BCUT2D eigenvalue weighted by molar-refractivity contribution is 6.00. The molecule has 6 heteroatoms. The maximum atomic E-state index is 12.8. The molecule has 0 aromatic carbocycles. The molecule has 0 unspecified atom stereocenters. The molecule has 0 bridgehead atoms. The Bertz CT molecular complexity index is 314. The fraction of sp³-hybridized carbons (Fsp3) is 0.375. The van der Waals surface area contributed by atoms with Gasteiger partial charge in [0.15, 0.2) is 0 Å². The molecule has 1 aliphatic rings. The number of hydrogen-bond donors (Lipinski definition) is 0. The fourth-order valence-corrected chi connectivity index (χ4v) is 0.974. The van der Waals surface area contributed by atoms with Gasteiger partial charge >= 0.3 is 6.18 Å². The second-order valence-corrected chi connectivity index (χ2v) is 2.60. The Hall–Kier alpha value is -1.33. The second kappa shape index (κ2) is 3.81. The first kappa shape index (κ1) is 10.7. The van der Waals surface area contributed by atoms with Gasteiger partial charge < -0.3 is 4.84 Å². The van der Waals surface area contributed by atoms with E-state index in [1.807, 2.05) is 0 Å². The Morgan fingerprint density at radius 2 is 2.00 bits per heavy atom. The summed E-state index contributed by atoms with van der Waals surface area (Å²) in [5, 5.41) is 3.16. The summed E-state index contributed by atoms with van der Waals surface area (Å²) >= 11 is 0. The molecule has 14 heavy (non-hydrogen) atoms. The summed E-state index contributed by atoms with van der Waals surface area (Å²) < 4.78 is 49.3. The first-order chi connectivity index (χ1) is 6.45. The van der Waals surface area contributed by atoms with Gasteiger partial charge in [-0.05, 0) is 6.08 Å². The molecule has 0 aromatic heterocycles. The summed E-state index contributed by atoms with van der Waals surface area (Å²) in [6.07, 6.45) is -3.63. The molecule has 1 aliphatic carbocycles. The Labute approximate surface area is 77.5 Å². The minimum absolute atomic E-state index is 0.345. The zero-order valence-corrected chi connectivity index (χ0v) is 7.23. The van der Waals surface area contributed by atoms with Crippen LogP contribution in [-0.4, -0.2) is 19.0 Å². The predicted molar refractivity (Wildman–Crippen MR) is 42.4 cm³/mol. The van der Waals surface area contributed by atoms with Gasteiger partial charge in [0.2, 0.25) is 0 Å². The molecule has 0 atom stereocenters. The van der Waals surface area contributed by atoms with Crippen molar-refractivity contribution in [3.63, 3.8) is 0 Å². The van der Waals surface area contributed by atoms with Crippen LogP contribution >= 0.6 is 0 Å². The van der Waals surface area contributed by atoms with Crippen molar-refractivity contribution in [3.05, 3.63) is 23.6 Å². The maximum Gasteiger partial charge on any atom is 0.413 e. The lowest BCUT2D eigenvalue weighted by atomic mass is 10.0. The standard InChI is InChI=1S/C8H7F4NO/c1-14-13-7-4-5(8(10,11)12)2-3-6(7)9/h2-3H,4H2,1H3. The molecular weight excluding hydrogens is 202 g/mol. The van der Waals surface area contributed by atoms with E-state index >= 15 is 0 Å². The number of allylic oxidation sites excluding steroid dienone is 4. The van der Waals surface area contributed by atoms with Crippen molar-refractivity contribution in [2.45, 2.75) is 12.6 Å². The predicted octanol–water partition coefficient (Wildman–Crippen LogP) is 2.73. The van der Waals surface area contributed by atoms with Gasteiger partial charge in [-0.1, -0.05) is 11.2 Å². The van der Waals surface area contributed by atoms with Gasteiger partial charge in [-0.25, -0.2) is 4.39 Å². The molecule has 0 fully saturated rings. The lowest BCUT2D eigenvalue weighted by Crippen LogP contribution is -2.18. The van der Waals surface area contributed by atoms with Crippen LogP contribution in [0.1, 0.15) is 6.42 Å². The van der Waals surface area contributed by atoms with Crippen molar-refractivity contribution >= 4 is 5.71 Å². The zero-order chi connectivity index (χ0) is 10.8. The van der Waals surface area contributed by atoms with Gasteiger partial charge in [0.05, 0.1) is 0 Å². The van der Waals surface area contributed by atoms with Crippen LogP contribution in [0.5, 0.6) is 0 Å². The molecule has 0 heterocycles. The monoisotopic (exact) mass is 209 g/mol. The van der Waals surface area contributed by atoms with E-state index in [0.29, 0.717) is 6.08 Å². The summed E-state index contributed by atoms with van der Waals surface area (Å²) in [5.74, 6) is -0.806. The van der Waals surface area contributed by atoms with Crippen LogP contribution in [0.15, 0.2) is 28.7 Å². The number of hydrogen-bond acceptors (Lipinski definition) is 2. The van der Waals surface area contributed by atoms with Crippen LogP contribution in [-0.2, 0) is 4.84 Å². The lowest BCUT2D eigenvalue weighted by Gasteiger charge is -2.14. The van der Waals surface area contributed by atoms with Crippen LogP contribution in [0.3, 0.4) is 0 Å². The molecule has 1 rings (SSSR count). The van der Waals surface area contributed by atoms with Crippen LogP contribution in [0, 0.1) is 0 Å². The molecular formula is C8H7F4NO. The molecule has 0 spiro atoms. The van der Waals surface area contributed by atoms with Gasteiger partial charge in [-0.15, -0.1) is 0 Å². The minimum atomic E-state index is -4.45. The molecule has 2 nitrogen and oxygen atoms in total. The number of rotatable bonds is 1. The number of alkyl halides is 3. The normalized spacial score (nSPS) is 20.5. The van der Waals surface area contributed by atoms with E-state index in [2.05, 4.69) is 9.99 Å². The van der Waals surface area contributed by atoms with Crippen LogP contribution < -0.4 is 0 Å². The molecule has 0 N–H and O–H groups in total. The van der Waals surface area contributed by atoms with E-state index in [4.69, 9.17) is 0 Å². The van der Waals surface area contributed by atoms with Gasteiger partial charge in [-0.2, -0.15) is 13.2 Å². The third-order valence-corrected chi connectivity index (χ3v) is 1.63. The number of oxime groups is 1. The summed E-state index contributed by atoms with van der Waals surface area (Å²) in [5.41, 5.74) is -1.18. The third kappa shape index (κ3) is 2.34. The van der Waals surface area contributed by atoms with Crippen molar-refractivity contribution in [1.82, 2.24) is 0 Å². The Balaban J connectivity index is 2.93. The van der Waals surface area contributed by atoms with Gasteiger partial charge in [0.25, 0.3) is 0 Å². The van der Waals surface area contributed by atoms with Gasteiger partial charge in [0.1, 0.15) is 18.6 Å². The quantitative estimate of drug-likeness (QED) is 0.480. The summed E-state index contributed by atoms with van der Waals surface area (Å²) in [7, 11) is 1.14. The first-order valence-electron chi connectivity index (χ1n) is 3.69. The molecule has 78 valence electrons. The van der Waals surface area contributed by atoms with E-state index in [1.54, 1.807) is 0 Å². The van der Waals surface area contributed by atoms with Crippen molar-refractivity contribution in [2.24, 2.45) is 5.16 Å². The highest BCUT2D eigenvalue weighted by Gasteiger charge is 2.36. The maximum absolute atomic E-state index is 12.8. The smallest absolute Gasteiger partial charge is 0.399 e. The highest BCUT2D eigenvalue weighted by atomic mass is 19.4. The molecule has 0 aliphatic heterocycles. The SMILES string of the molecule is CON=C1CC(C(F)(F)F)=CC=C1F. The van der Waals surface area contributed by atoms with Crippen molar-refractivity contribution < 1.29 is 22.4 Å². The molecule has 0 radical (unpaired) electrons. The zero-order valence-electron chi connectivity index (χ0n) is 7.23. The summed E-state index contributed by atoms with van der Waals surface area (Å²) in [4.78, 5) is 4.23. The van der Waals surface area contributed by atoms with E-state index in [9.17, 15) is 17.6 Å². The number of nitrogens with zero attached hydrogens (tertiary/aromatic N) is 1. The van der Waals surface area contributed by atoms with E-state index in [-0.39, 0.29) is 5.71 Å². The third-order valence-electron chi connectivity index (χ3n) is 1.63. The second-order valence-electron chi connectivity index (χ2n) is 2.60. The summed E-state index contributed by atoms with van der Waals surface area (Å²) in [6, 6.07) is 0. The molecule has 0 aromatic rings. The van der Waals surface area contributed by atoms with E-state index < -0.39 is 24.0 Å². The largest absolute Gasteiger partial charge is 0.413 e. The van der Waals surface area contributed by atoms with Crippen LogP contribution in [0.25, 0.3) is 0 Å². The topological polar surface area (TPSA) is 21.6 Å². The minimum Gasteiger partial charge on any atom is -0.399 e. The van der Waals surface area contributed by atoms with Crippen molar-refractivity contribution in [3.8, 4) is 0 Å². The molecule has 0 saturated heterocycles. The van der Waals surface area contributed by atoms with Crippen molar-refractivity contribution in [2.75, 3.05) is 7.11 Å². The number of halogens is 4. The molecule has 0 amide bonds. The summed E-state index contributed by atoms with van der Waals surface area (Å²) in [6.45, 7) is 0. The Morgan fingerprint density at radius 3 is 2.50 bits per heavy atom. The fourth-order valence-electron chi connectivity index (χ4n) is 0.974. The average Bonchev–Trinajstić information content (AvgIpc) is 2.07. The van der Waals surface area contributed by atoms with E-state index in [0.717, 1.165) is 13.2 Å². The molecule has 0 saturated carbocycles. The van der Waals surface area contributed by atoms with Gasteiger partial charge in [0, 0.05) is 12.0 Å². The highest BCUT2D eigenvalue weighted by Crippen LogP contribution is 2.32. The van der Waals surface area contributed by atoms with Gasteiger partial charge in [-0.3, -0.25) is 0 Å². The first-order valence-corrected chi connectivity index (χ1v) is 3.69. The van der Waals surface area contributed by atoms with Crippen LogP contribution in [0.4, 0.5) is 17.6 Å². The van der Waals surface area contributed by atoms with E-state index in [1.165, 1.54) is 0 Å².